The number of alkyl halides is 3. The highest BCUT2D eigenvalue weighted by Gasteiger charge is 2.44. The Morgan fingerprint density at radius 2 is 1.95 bits per heavy atom. The lowest BCUT2D eigenvalue weighted by Crippen LogP contribution is -2.37. The summed E-state index contributed by atoms with van der Waals surface area (Å²) in [6.07, 6.45) is 3.32. The number of nitrogens with one attached hydrogen (secondary N) is 1. The average Bonchev–Trinajstić information content (AvgIpc) is 2.94. The van der Waals surface area contributed by atoms with E-state index in [0.29, 0.717) is 12.1 Å². The normalized spacial score (nSPS) is 19.7. The molecule has 1 N–H and O–H groups in total. The van der Waals surface area contributed by atoms with Crippen LogP contribution in [-0.4, -0.2) is 11.5 Å². The van der Waals surface area contributed by atoms with Crippen molar-refractivity contribution in [2.45, 2.75) is 58.2 Å². The monoisotopic (exact) mass is 300 g/mol. The zero-order chi connectivity index (χ0) is 15.5. The summed E-state index contributed by atoms with van der Waals surface area (Å²) in [6.45, 7) is 4.67. The molecule has 0 radical (unpaired) electrons. The van der Waals surface area contributed by atoms with Crippen LogP contribution in [0.25, 0.3) is 0 Å². The van der Waals surface area contributed by atoms with Gasteiger partial charge in [0.1, 0.15) is 0 Å². The molecule has 0 aliphatic heterocycles. The Hall–Kier alpha value is -1.10. The van der Waals surface area contributed by atoms with Gasteiger partial charge in [0.25, 0.3) is 0 Å². The molecule has 0 aromatic carbocycles. The Kier molecular flexibility index (Phi) is 4.91. The highest BCUT2D eigenvalue weighted by atomic mass is 19.4. The summed E-state index contributed by atoms with van der Waals surface area (Å²) in [6, 6.07) is 0.818. The summed E-state index contributed by atoms with van der Waals surface area (Å²) >= 11 is 0. The second-order valence-corrected chi connectivity index (χ2v) is 5.87. The number of halogens is 3. The first-order chi connectivity index (χ1) is 9.94. The lowest BCUT2D eigenvalue weighted by Gasteiger charge is -2.38. The third-order valence-corrected chi connectivity index (χ3v) is 4.79. The fourth-order valence-electron chi connectivity index (χ4n) is 3.68. The van der Waals surface area contributed by atoms with Gasteiger partial charge in [-0.05, 0) is 37.3 Å². The first kappa shape index (κ1) is 16.3. The maximum absolute atomic E-state index is 13.3. The van der Waals surface area contributed by atoms with Crippen molar-refractivity contribution in [3.63, 3.8) is 0 Å². The van der Waals surface area contributed by atoms with Gasteiger partial charge in [-0.2, -0.15) is 13.2 Å². The van der Waals surface area contributed by atoms with Crippen LogP contribution in [0.5, 0.6) is 0 Å². The first-order valence-electron chi connectivity index (χ1n) is 7.69. The molecule has 0 amide bonds. The van der Waals surface area contributed by atoms with Crippen LogP contribution in [-0.2, 0) is 6.18 Å². The molecular formula is C16H23F3N2. The molecule has 2 nitrogen and oxygen atoms in total. The van der Waals surface area contributed by atoms with Crippen LogP contribution >= 0.6 is 0 Å². The fraction of sp³-hybridized carbons (Fsp3) is 0.688. The zero-order valence-corrected chi connectivity index (χ0v) is 12.6. The highest BCUT2D eigenvalue weighted by molar-refractivity contribution is 5.31. The maximum Gasteiger partial charge on any atom is 0.416 e. The predicted molar refractivity (Wildman–Crippen MR) is 76.8 cm³/mol. The Balaban J connectivity index is 2.48. The quantitative estimate of drug-likeness (QED) is 0.851. The summed E-state index contributed by atoms with van der Waals surface area (Å²) in [5.74, 6) is 0. The van der Waals surface area contributed by atoms with Gasteiger partial charge in [-0.15, -0.1) is 0 Å². The minimum Gasteiger partial charge on any atom is -0.310 e. The van der Waals surface area contributed by atoms with Crippen molar-refractivity contribution in [3.8, 4) is 0 Å². The average molecular weight is 300 g/mol. The molecule has 1 unspecified atom stereocenters. The lowest BCUT2D eigenvalue weighted by molar-refractivity contribution is -0.138. The molecule has 1 aliphatic carbocycles. The van der Waals surface area contributed by atoms with Crippen molar-refractivity contribution in [2.75, 3.05) is 6.54 Å². The van der Waals surface area contributed by atoms with Crippen LogP contribution in [0, 0.1) is 5.41 Å². The third kappa shape index (κ3) is 3.23. The van der Waals surface area contributed by atoms with Crippen LogP contribution in [0.15, 0.2) is 18.5 Å². The third-order valence-electron chi connectivity index (χ3n) is 4.79. The van der Waals surface area contributed by atoms with Crippen molar-refractivity contribution >= 4 is 0 Å². The topological polar surface area (TPSA) is 24.9 Å². The second kappa shape index (κ2) is 6.34. The van der Waals surface area contributed by atoms with E-state index in [1.807, 2.05) is 6.92 Å². The molecular weight excluding hydrogens is 277 g/mol. The van der Waals surface area contributed by atoms with Crippen LogP contribution in [0.4, 0.5) is 13.2 Å². The van der Waals surface area contributed by atoms with Crippen LogP contribution in [0.3, 0.4) is 0 Å². The molecule has 1 fully saturated rings. The number of nitrogens with zero attached hydrogens (tertiary/aromatic N) is 1. The van der Waals surface area contributed by atoms with Gasteiger partial charge in [-0.3, -0.25) is 4.98 Å². The Bertz CT molecular complexity index is 465. The number of pyridine rings is 1. The molecule has 118 valence electrons. The van der Waals surface area contributed by atoms with Crippen molar-refractivity contribution in [3.05, 3.63) is 29.6 Å². The zero-order valence-electron chi connectivity index (χ0n) is 12.6. The SMILES string of the molecule is CCNC(c1cnccc1C(F)(F)F)C1(CC)CCCC1. The van der Waals surface area contributed by atoms with Crippen molar-refractivity contribution in [1.82, 2.24) is 10.3 Å². The van der Waals surface area contributed by atoms with E-state index in [4.69, 9.17) is 0 Å². The van der Waals surface area contributed by atoms with E-state index in [9.17, 15) is 13.2 Å². The smallest absolute Gasteiger partial charge is 0.310 e. The minimum absolute atomic E-state index is 0.0843. The molecule has 1 aromatic rings. The minimum atomic E-state index is -4.33. The Labute approximate surface area is 124 Å². The number of hydrogen-bond acceptors (Lipinski definition) is 2. The van der Waals surface area contributed by atoms with Gasteiger partial charge in [0, 0.05) is 24.0 Å². The van der Waals surface area contributed by atoms with Crippen molar-refractivity contribution in [2.24, 2.45) is 5.41 Å². The van der Waals surface area contributed by atoms with E-state index in [-0.39, 0.29) is 11.5 Å². The molecule has 1 aromatic heterocycles. The van der Waals surface area contributed by atoms with E-state index >= 15 is 0 Å². The van der Waals surface area contributed by atoms with Gasteiger partial charge >= 0.3 is 6.18 Å². The van der Waals surface area contributed by atoms with Gasteiger partial charge in [0.15, 0.2) is 0 Å². The van der Waals surface area contributed by atoms with Crippen molar-refractivity contribution in [1.29, 1.82) is 0 Å². The van der Waals surface area contributed by atoms with Gasteiger partial charge in [0.2, 0.25) is 0 Å². The van der Waals surface area contributed by atoms with Crippen LogP contribution < -0.4 is 5.32 Å². The lowest BCUT2D eigenvalue weighted by atomic mass is 9.72. The van der Waals surface area contributed by atoms with Crippen molar-refractivity contribution < 1.29 is 13.2 Å². The highest BCUT2D eigenvalue weighted by Crippen LogP contribution is 2.51. The predicted octanol–water partition coefficient (Wildman–Crippen LogP) is 4.72. The summed E-state index contributed by atoms with van der Waals surface area (Å²) in [4.78, 5) is 3.96. The molecule has 1 heterocycles. The second-order valence-electron chi connectivity index (χ2n) is 5.87. The molecule has 0 bridgehead atoms. The van der Waals surface area contributed by atoms with Gasteiger partial charge in [0.05, 0.1) is 5.56 Å². The van der Waals surface area contributed by atoms with Gasteiger partial charge in [-0.1, -0.05) is 26.7 Å². The van der Waals surface area contributed by atoms with E-state index in [0.717, 1.165) is 38.2 Å². The summed E-state index contributed by atoms with van der Waals surface area (Å²) in [5, 5.41) is 3.31. The maximum atomic E-state index is 13.3. The number of hydrogen-bond donors (Lipinski definition) is 1. The van der Waals surface area contributed by atoms with E-state index in [1.54, 1.807) is 0 Å². The molecule has 0 spiro atoms. The molecule has 1 saturated carbocycles. The fourth-order valence-corrected chi connectivity index (χ4v) is 3.68. The first-order valence-corrected chi connectivity index (χ1v) is 7.69. The summed E-state index contributed by atoms with van der Waals surface area (Å²) in [7, 11) is 0. The van der Waals surface area contributed by atoms with E-state index in [1.165, 1.54) is 12.4 Å². The van der Waals surface area contributed by atoms with Crippen LogP contribution in [0.2, 0.25) is 0 Å². The molecule has 1 aliphatic rings. The molecule has 2 rings (SSSR count). The standard InChI is InChI=1S/C16H23F3N2/c1-3-15(8-5-6-9-15)14(21-4-2)12-11-20-10-7-13(12)16(17,18)19/h7,10-11,14,21H,3-6,8-9H2,1-2H3. The summed E-state index contributed by atoms with van der Waals surface area (Å²) < 4.78 is 39.9. The molecule has 0 saturated heterocycles. The summed E-state index contributed by atoms with van der Waals surface area (Å²) in [5.41, 5.74) is -0.335. The number of rotatable bonds is 5. The largest absolute Gasteiger partial charge is 0.416 e. The van der Waals surface area contributed by atoms with Gasteiger partial charge in [-0.25, -0.2) is 0 Å². The Morgan fingerprint density at radius 1 is 1.29 bits per heavy atom. The molecule has 5 heteroatoms. The number of aromatic nitrogens is 1. The van der Waals surface area contributed by atoms with Gasteiger partial charge < -0.3 is 5.32 Å². The molecule has 21 heavy (non-hydrogen) atoms. The Morgan fingerprint density at radius 3 is 2.48 bits per heavy atom. The van der Waals surface area contributed by atoms with E-state index in [2.05, 4.69) is 17.2 Å². The van der Waals surface area contributed by atoms with E-state index < -0.39 is 11.7 Å². The molecule has 1 atom stereocenters. The van der Waals surface area contributed by atoms with Crippen LogP contribution in [0.1, 0.15) is 63.1 Å².